The number of sulfonamides is 1. The summed E-state index contributed by atoms with van der Waals surface area (Å²) in [7, 11) is -3.54. The first kappa shape index (κ1) is 16.0. The van der Waals surface area contributed by atoms with Crippen LogP contribution in [0.4, 0.5) is 5.69 Å². The molecule has 0 atom stereocenters. The van der Waals surface area contributed by atoms with Crippen molar-refractivity contribution in [3.05, 3.63) is 59.7 Å². The molecule has 21 heavy (non-hydrogen) atoms. The number of aryl methyl sites for hydroxylation is 1. The van der Waals surface area contributed by atoms with Gasteiger partial charge >= 0.3 is 0 Å². The zero-order valence-electron chi connectivity index (χ0n) is 11.8. The summed E-state index contributed by atoms with van der Waals surface area (Å²) in [5.41, 5.74) is 2.75. The third kappa shape index (κ3) is 4.32. The molecule has 0 unspecified atom stereocenters. The van der Waals surface area contributed by atoms with Crippen molar-refractivity contribution in [1.29, 1.82) is 0 Å². The lowest BCUT2D eigenvalue weighted by Gasteiger charge is -2.09. The van der Waals surface area contributed by atoms with Crippen LogP contribution in [-0.2, 0) is 21.8 Å². The number of nitrogens with one attached hydrogen (secondary N) is 1. The van der Waals surface area contributed by atoms with Gasteiger partial charge in [0.25, 0.3) is 10.0 Å². The van der Waals surface area contributed by atoms with Crippen molar-refractivity contribution >= 4 is 31.6 Å². The van der Waals surface area contributed by atoms with Gasteiger partial charge in [-0.3, -0.25) is 4.72 Å². The molecule has 0 aromatic heterocycles. The van der Waals surface area contributed by atoms with Crippen molar-refractivity contribution < 1.29 is 8.42 Å². The zero-order valence-corrected chi connectivity index (χ0v) is 14.2. The highest BCUT2D eigenvalue weighted by Crippen LogP contribution is 2.19. The van der Waals surface area contributed by atoms with Crippen molar-refractivity contribution in [2.45, 2.75) is 30.0 Å². The molecule has 0 heterocycles. The molecule has 0 aliphatic rings. The minimum atomic E-state index is -3.54. The molecule has 0 spiro atoms. The van der Waals surface area contributed by atoms with Gasteiger partial charge < -0.3 is 0 Å². The Morgan fingerprint density at radius 3 is 2.38 bits per heavy atom. The van der Waals surface area contributed by atoms with E-state index in [1.807, 2.05) is 30.3 Å². The molecular weight excluding hydrogens is 350 g/mol. The maximum absolute atomic E-state index is 12.3. The highest BCUT2D eigenvalue weighted by atomic mass is 79.9. The number of hydrogen-bond donors (Lipinski definition) is 1. The number of halogens is 1. The van der Waals surface area contributed by atoms with Crippen LogP contribution in [0.15, 0.2) is 53.4 Å². The second-order valence-electron chi connectivity index (χ2n) is 4.83. The molecule has 1 N–H and O–H groups in total. The van der Waals surface area contributed by atoms with E-state index in [0.29, 0.717) is 11.0 Å². The van der Waals surface area contributed by atoms with E-state index in [1.165, 1.54) is 0 Å². The maximum atomic E-state index is 12.3. The van der Waals surface area contributed by atoms with Crippen LogP contribution in [-0.4, -0.2) is 8.42 Å². The van der Waals surface area contributed by atoms with Crippen molar-refractivity contribution in [2.24, 2.45) is 0 Å². The molecule has 112 valence electrons. The Morgan fingerprint density at radius 1 is 1.05 bits per heavy atom. The molecular formula is C16H18BrNO2S. The van der Waals surface area contributed by atoms with Crippen molar-refractivity contribution in [1.82, 2.24) is 0 Å². The molecule has 2 aromatic carbocycles. The van der Waals surface area contributed by atoms with Crippen LogP contribution in [0.2, 0.25) is 0 Å². The van der Waals surface area contributed by atoms with Crippen LogP contribution in [0.1, 0.15) is 24.5 Å². The maximum Gasteiger partial charge on any atom is 0.261 e. The van der Waals surface area contributed by atoms with E-state index in [0.717, 1.165) is 24.0 Å². The van der Waals surface area contributed by atoms with Crippen LogP contribution >= 0.6 is 15.9 Å². The van der Waals surface area contributed by atoms with E-state index in [9.17, 15) is 8.42 Å². The highest BCUT2D eigenvalue weighted by Gasteiger charge is 2.14. The van der Waals surface area contributed by atoms with Gasteiger partial charge in [-0.2, -0.15) is 0 Å². The van der Waals surface area contributed by atoms with E-state index < -0.39 is 10.0 Å². The van der Waals surface area contributed by atoms with Crippen molar-refractivity contribution in [3.8, 4) is 0 Å². The predicted octanol–water partition coefficient (Wildman–Crippen LogP) is 4.33. The first-order valence-corrected chi connectivity index (χ1v) is 9.42. The van der Waals surface area contributed by atoms with Gasteiger partial charge in [-0.05, 0) is 41.8 Å². The van der Waals surface area contributed by atoms with Crippen LogP contribution < -0.4 is 4.72 Å². The van der Waals surface area contributed by atoms with Gasteiger partial charge in [0.05, 0.1) is 4.90 Å². The second-order valence-corrected chi connectivity index (χ2v) is 7.08. The van der Waals surface area contributed by atoms with E-state index >= 15 is 0 Å². The first-order chi connectivity index (χ1) is 10.0. The van der Waals surface area contributed by atoms with Gasteiger partial charge in [0.1, 0.15) is 0 Å². The van der Waals surface area contributed by atoms with Crippen LogP contribution in [0.3, 0.4) is 0 Å². The van der Waals surface area contributed by atoms with Crippen LogP contribution in [0.5, 0.6) is 0 Å². The van der Waals surface area contributed by atoms with E-state index in [4.69, 9.17) is 0 Å². The van der Waals surface area contributed by atoms with Crippen LogP contribution in [0.25, 0.3) is 0 Å². The first-order valence-electron chi connectivity index (χ1n) is 6.82. The summed E-state index contributed by atoms with van der Waals surface area (Å²) in [5.74, 6) is 0. The van der Waals surface area contributed by atoms with Gasteiger partial charge in [-0.25, -0.2) is 8.42 Å². The fourth-order valence-corrected chi connectivity index (χ4v) is 3.45. The minimum Gasteiger partial charge on any atom is -0.280 e. The summed E-state index contributed by atoms with van der Waals surface area (Å²) in [4.78, 5) is 0.284. The average molecular weight is 368 g/mol. The van der Waals surface area contributed by atoms with E-state index in [2.05, 4.69) is 27.6 Å². The number of rotatable bonds is 6. The molecule has 2 aromatic rings. The number of anilines is 1. The molecule has 0 saturated carbocycles. The summed E-state index contributed by atoms with van der Waals surface area (Å²) >= 11 is 3.36. The lowest BCUT2D eigenvalue weighted by atomic mass is 10.1. The second kappa shape index (κ2) is 7.09. The molecule has 0 aliphatic heterocycles. The Balaban J connectivity index is 2.21. The van der Waals surface area contributed by atoms with Gasteiger partial charge in [-0.15, -0.1) is 0 Å². The Labute approximate surface area is 134 Å². The third-order valence-corrected chi connectivity index (χ3v) is 5.15. The lowest BCUT2D eigenvalue weighted by molar-refractivity contribution is 0.601. The SMILES string of the molecule is CCCc1ccc(S(=O)(=O)Nc2cccc(CBr)c2)cc1. The molecule has 3 nitrogen and oxygen atoms in total. The van der Waals surface area contributed by atoms with E-state index in [1.54, 1.807) is 18.2 Å². The van der Waals surface area contributed by atoms with Gasteiger partial charge in [-0.1, -0.05) is 53.5 Å². The number of hydrogen-bond acceptors (Lipinski definition) is 2. The third-order valence-electron chi connectivity index (χ3n) is 3.11. The standard InChI is InChI=1S/C16H18BrNO2S/c1-2-4-13-7-9-16(10-8-13)21(19,20)18-15-6-3-5-14(11-15)12-17/h3,5-11,18H,2,4,12H2,1H3. The molecule has 0 saturated heterocycles. The molecule has 0 aliphatic carbocycles. The summed E-state index contributed by atoms with van der Waals surface area (Å²) in [6.07, 6.45) is 2.00. The normalized spacial score (nSPS) is 11.3. The predicted molar refractivity (Wildman–Crippen MR) is 90.3 cm³/mol. The molecule has 0 amide bonds. The molecule has 5 heteroatoms. The Bertz CT molecular complexity index is 696. The molecule has 0 radical (unpaired) electrons. The summed E-state index contributed by atoms with van der Waals surface area (Å²) < 4.78 is 27.3. The molecule has 0 fully saturated rings. The minimum absolute atomic E-state index is 0.284. The Morgan fingerprint density at radius 2 is 1.76 bits per heavy atom. The highest BCUT2D eigenvalue weighted by molar-refractivity contribution is 9.08. The summed E-state index contributed by atoms with van der Waals surface area (Å²) in [6, 6.07) is 14.4. The zero-order chi connectivity index (χ0) is 15.3. The average Bonchev–Trinajstić information content (AvgIpc) is 2.48. The van der Waals surface area contributed by atoms with Crippen LogP contribution in [0, 0.1) is 0 Å². The smallest absolute Gasteiger partial charge is 0.261 e. The topological polar surface area (TPSA) is 46.2 Å². The quantitative estimate of drug-likeness (QED) is 0.772. The Kier molecular flexibility index (Phi) is 5.42. The largest absolute Gasteiger partial charge is 0.280 e. The van der Waals surface area contributed by atoms with Crippen molar-refractivity contribution in [2.75, 3.05) is 4.72 Å². The fraction of sp³-hybridized carbons (Fsp3) is 0.250. The van der Waals surface area contributed by atoms with Gasteiger partial charge in [0, 0.05) is 11.0 Å². The van der Waals surface area contributed by atoms with Gasteiger partial charge in [0.15, 0.2) is 0 Å². The summed E-state index contributed by atoms with van der Waals surface area (Å²) in [6.45, 7) is 2.10. The van der Waals surface area contributed by atoms with Crippen molar-refractivity contribution in [3.63, 3.8) is 0 Å². The molecule has 0 bridgehead atoms. The lowest BCUT2D eigenvalue weighted by Crippen LogP contribution is -2.13. The molecule has 2 rings (SSSR count). The Hall–Kier alpha value is -1.33. The summed E-state index contributed by atoms with van der Waals surface area (Å²) in [5, 5.41) is 0.689. The van der Waals surface area contributed by atoms with Gasteiger partial charge in [0.2, 0.25) is 0 Å². The monoisotopic (exact) mass is 367 g/mol. The number of benzene rings is 2. The fourth-order valence-electron chi connectivity index (χ4n) is 2.06. The van der Waals surface area contributed by atoms with E-state index in [-0.39, 0.29) is 4.90 Å². The number of alkyl halides is 1.